The number of carbonyl (C=O) groups excluding carboxylic acids is 1. The van der Waals surface area contributed by atoms with Crippen LogP contribution < -0.4 is 5.32 Å². The van der Waals surface area contributed by atoms with Crippen LogP contribution in [0.5, 0.6) is 0 Å². The predicted octanol–water partition coefficient (Wildman–Crippen LogP) is 1.21. The highest BCUT2D eigenvalue weighted by molar-refractivity contribution is 5.86. The standard InChI is InChI=1S/C9H13NO4/c1-3-7(11)10-8-5-4-6(14-8)9(12)13-2/h4-5,7,10-11H,3H2,1-2H3. The molecule has 0 aliphatic rings. The second-order valence-corrected chi connectivity index (χ2v) is 2.72. The monoisotopic (exact) mass is 199 g/mol. The Labute approximate surface area is 81.7 Å². The van der Waals surface area contributed by atoms with E-state index in [9.17, 15) is 9.90 Å². The van der Waals surface area contributed by atoms with Gasteiger partial charge in [-0.1, -0.05) is 6.92 Å². The molecule has 0 aromatic carbocycles. The van der Waals surface area contributed by atoms with E-state index in [1.807, 2.05) is 6.92 Å². The lowest BCUT2D eigenvalue weighted by molar-refractivity contribution is 0.0565. The number of carbonyl (C=O) groups is 1. The molecule has 0 amide bonds. The van der Waals surface area contributed by atoms with Crippen molar-refractivity contribution < 1.29 is 19.1 Å². The van der Waals surface area contributed by atoms with E-state index in [0.29, 0.717) is 12.3 Å². The van der Waals surface area contributed by atoms with Gasteiger partial charge in [-0.2, -0.15) is 0 Å². The van der Waals surface area contributed by atoms with Crippen molar-refractivity contribution in [2.24, 2.45) is 0 Å². The largest absolute Gasteiger partial charge is 0.463 e. The minimum absolute atomic E-state index is 0.110. The van der Waals surface area contributed by atoms with Gasteiger partial charge in [-0.3, -0.25) is 0 Å². The summed E-state index contributed by atoms with van der Waals surface area (Å²) in [5.41, 5.74) is 0. The molecule has 0 spiro atoms. The summed E-state index contributed by atoms with van der Waals surface area (Å²) < 4.78 is 9.52. The summed E-state index contributed by atoms with van der Waals surface area (Å²) in [7, 11) is 1.28. The van der Waals surface area contributed by atoms with E-state index in [0.717, 1.165) is 0 Å². The molecule has 5 heteroatoms. The van der Waals surface area contributed by atoms with Gasteiger partial charge >= 0.3 is 5.97 Å². The maximum absolute atomic E-state index is 11.0. The molecule has 1 atom stereocenters. The molecule has 0 radical (unpaired) electrons. The van der Waals surface area contributed by atoms with Gasteiger partial charge in [0.15, 0.2) is 5.88 Å². The van der Waals surface area contributed by atoms with Crippen LogP contribution in [0.15, 0.2) is 16.5 Å². The van der Waals surface area contributed by atoms with Crippen molar-refractivity contribution >= 4 is 11.9 Å². The molecule has 0 saturated heterocycles. The van der Waals surface area contributed by atoms with Crippen molar-refractivity contribution in [1.29, 1.82) is 0 Å². The zero-order chi connectivity index (χ0) is 10.6. The first kappa shape index (κ1) is 10.6. The number of hydrogen-bond donors (Lipinski definition) is 2. The molecule has 1 aromatic heterocycles. The fourth-order valence-corrected chi connectivity index (χ4v) is 0.892. The van der Waals surface area contributed by atoms with E-state index in [2.05, 4.69) is 10.1 Å². The molecular formula is C9H13NO4. The van der Waals surface area contributed by atoms with E-state index in [4.69, 9.17) is 4.42 Å². The Morgan fingerprint density at radius 1 is 1.71 bits per heavy atom. The molecule has 14 heavy (non-hydrogen) atoms. The maximum Gasteiger partial charge on any atom is 0.374 e. The summed E-state index contributed by atoms with van der Waals surface area (Å²) in [5, 5.41) is 11.9. The van der Waals surface area contributed by atoms with Gasteiger partial charge in [-0.15, -0.1) is 0 Å². The van der Waals surface area contributed by atoms with Gasteiger partial charge in [0.05, 0.1) is 7.11 Å². The van der Waals surface area contributed by atoms with Crippen LogP contribution in [0, 0.1) is 0 Å². The Kier molecular flexibility index (Phi) is 3.53. The highest BCUT2D eigenvalue weighted by atomic mass is 16.5. The second kappa shape index (κ2) is 4.66. The molecule has 1 rings (SSSR count). The number of esters is 1. The number of furan rings is 1. The van der Waals surface area contributed by atoms with Gasteiger partial charge in [0.1, 0.15) is 6.23 Å². The zero-order valence-electron chi connectivity index (χ0n) is 8.11. The molecular weight excluding hydrogens is 186 g/mol. The Morgan fingerprint density at radius 3 is 3.00 bits per heavy atom. The minimum atomic E-state index is -0.674. The lowest BCUT2D eigenvalue weighted by atomic mass is 10.4. The van der Waals surface area contributed by atoms with Crippen molar-refractivity contribution in [2.45, 2.75) is 19.6 Å². The predicted molar refractivity (Wildman–Crippen MR) is 50.0 cm³/mol. The van der Waals surface area contributed by atoms with Crippen LogP contribution in [0.1, 0.15) is 23.9 Å². The molecule has 0 fully saturated rings. The van der Waals surface area contributed by atoms with E-state index in [1.165, 1.54) is 13.2 Å². The molecule has 0 aliphatic heterocycles. The van der Waals surface area contributed by atoms with E-state index < -0.39 is 12.2 Å². The SMILES string of the molecule is CCC(O)Nc1ccc(C(=O)OC)o1. The van der Waals surface area contributed by atoms with Crippen molar-refractivity contribution in [3.63, 3.8) is 0 Å². The third-order valence-electron chi connectivity index (χ3n) is 1.69. The molecule has 0 saturated carbocycles. The van der Waals surface area contributed by atoms with Crippen molar-refractivity contribution in [1.82, 2.24) is 0 Å². The number of rotatable bonds is 4. The number of methoxy groups -OCH3 is 1. The van der Waals surface area contributed by atoms with Crippen LogP contribution in [0.3, 0.4) is 0 Å². The molecule has 1 heterocycles. The average molecular weight is 199 g/mol. The smallest absolute Gasteiger partial charge is 0.374 e. The Hall–Kier alpha value is -1.49. The van der Waals surface area contributed by atoms with Gasteiger partial charge in [-0.05, 0) is 12.5 Å². The highest BCUT2D eigenvalue weighted by Crippen LogP contribution is 2.15. The van der Waals surface area contributed by atoms with Crippen LogP contribution in [0.25, 0.3) is 0 Å². The fourth-order valence-electron chi connectivity index (χ4n) is 0.892. The molecule has 5 nitrogen and oxygen atoms in total. The summed E-state index contributed by atoms with van der Waals surface area (Å²) in [5.74, 6) is -0.0814. The molecule has 0 aliphatic carbocycles. The number of hydrogen-bond acceptors (Lipinski definition) is 5. The number of aliphatic hydroxyl groups excluding tert-OH is 1. The molecule has 2 N–H and O–H groups in total. The molecule has 1 aromatic rings. The molecule has 1 unspecified atom stereocenters. The maximum atomic E-state index is 11.0. The van der Waals surface area contributed by atoms with Crippen LogP contribution >= 0.6 is 0 Å². The van der Waals surface area contributed by atoms with E-state index >= 15 is 0 Å². The number of anilines is 1. The third-order valence-corrected chi connectivity index (χ3v) is 1.69. The topological polar surface area (TPSA) is 71.7 Å². The Bertz CT molecular complexity index is 308. The van der Waals surface area contributed by atoms with Crippen molar-refractivity contribution in [2.75, 3.05) is 12.4 Å². The van der Waals surface area contributed by atoms with Gasteiger partial charge in [-0.25, -0.2) is 4.79 Å². The lowest BCUT2D eigenvalue weighted by Gasteiger charge is -2.07. The van der Waals surface area contributed by atoms with Crippen LogP contribution in [-0.4, -0.2) is 24.4 Å². The summed E-state index contributed by atoms with van der Waals surface area (Å²) in [6.07, 6.45) is -0.125. The minimum Gasteiger partial charge on any atom is -0.463 e. The number of aliphatic hydroxyl groups is 1. The Morgan fingerprint density at radius 2 is 2.43 bits per heavy atom. The van der Waals surface area contributed by atoms with Gasteiger partial charge in [0, 0.05) is 6.07 Å². The highest BCUT2D eigenvalue weighted by Gasteiger charge is 2.11. The van der Waals surface area contributed by atoms with Crippen molar-refractivity contribution in [3.05, 3.63) is 17.9 Å². The van der Waals surface area contributed by atoms with Crippen LogP contribution in [0.2, 0.25) is 0 Å². The second-order valence-electron chi connectivity index (χ2n) is 2.72. The summed E-state index contributed by atoms with van der Waals surface area (Å²) >= 11 is 0. The quantitative estimate of drug-likeness (QED) is 0.563. The van der Waals surface area contributed by atoms with E-state index in [-0.39, 0.29) is 5.76 Å². The summed E-state index contributed by atoms with van der Waals surface area (Å²) in [4.78, 5) is 11.0. The first-order valence-electron chi connectivity index (χ1n) is 4.30. The van der Waals surface area contributed by atoms with Crippen molar-refractivity contribution in [3.8, 4) is 0 Å². The summed E-state index contributed by atoms with van der Waals surface area (Å²) in [6.45, 7) is 1.82. The van der Waals surface area contributed by atoms with Crippen LogP contribution in [0.4, 0.5) is 5.88 Å². The number of ether oxygens (including phenoxy) is 1. The normalized spacial score (nSPS) is 12.2. The lowest BCUT2D eigenvalue weighted by Crippen LogP contribution is -2.16. The first-order valence-corrected chi connectivity index (χ1v) is 4.30. The Balaban J connectivity index is 2.63. The third kappa shape index (κ3) is 2.50. The fraction of sp³-hybridized carbons (Fsp3) is 0.444. The average Bonchev–Trinajstić information content (AvgIpc) is 2.65. The summed E-state index contributed by atoms with van der Waals surface area (Å²) in [6, 6.07) is 3.04. The molecule has 0 bridgehead atoms. The number of nitrogens with one attached hydrogen (secondary N) is 1. The van der Waals surface area contributed by atoms with E-state index in [1.54, 1.807) is 6.07 Å². The van der Waals surface area contributed by atoms with Gasteiger partial charge in [0.25, 0.3) is 0 Å². The van der Waals surface area contributed by atoms with Gasteiger partial charge in [0.2, 0.25) is 5.76 Å². The van der Waals surface area contributed by atoms with Crippen LogP contribution in [-0.2, 0) is 4.74 Å². The zero-order valence-corrected chi connectivity index (χ0v) is 8.11. The molecule has 78 valence electrons. The first-order chi connectivity index (χ1) is 6.67. The van der Waals surface area contributed by atoms with Gasteiger partial charge < -0.3 is 19.6 Å².